The molecule has 2 aromatic carbocycles. The number of anilines is 2. The van der Waals surface area contributed by atoms with Crippen molar-refractivity contribution in [3.05, 3.63) is 54.6 Å². The highest BCUT2D eigenvalue weighted by Gasteiger charge is 2.26. The van der Waals surface area contributed by atoms with E-state index in [0.717, 1.165) is 45.8 Å². The molecule has 0 saturated heterocycles. The lowest BCUT2D eigenvalue weighted by Crippen LogP contribution is -2.34. The highest BCUT2D eigenvalue weighted by molar-refractivity contribution is 6.01. The summed E-state index contributed by atoms with van der Waals surface area (Å²) in [7, 11) is 0. The molecule has 34 heavy (non-hydrogen) atoms. The number of hydrogen-bond acceptors (Lipinski definition) is 5. The van der Waals surface area contributed by atoms with Crippen LogP contribution in [0.3, 0.4) is 0 Å². The van der Waals surface area contributed by atoms with Crippen LogP contribution in [-0.4, -0.2) is 31.8 Å². The first kappa shape index (κ1) is 21.8. The molecule has 0 atom stereocenters. The molecule has 2 amide bonds. The second kappa shape index (κ2) is 9.09. The number of fused-ring (bicyclic) bond motifs is 1. The van der Waals surface area contributed by atoms with Crippen molar-refractivity contribution in [2.75, 3.05) is 11.1 Å². The maximum Gasteiger partial charge on any atom is 0.319 e. The summed E-state index contributed by atoms with van der Waals surface area (Å²) >= 11 is 0. The van der Waals surface area contributed by atoms with Crippen LogP contribution in [0.5, 0.6) is 5.75 Å². The summed E-state index contributed by atoms with van der Waals surface area (Å²) < 4.78 is 8.24. The van der Waals surface area contributed by atoms with Crippen LogP contribution >= 0.6 is 0 Å². The molecule has 5 rings (SSSR count). The number of urea groups is 1. The molecular weight excluding hydrogens is 430 g/mol. The van der Waals surface area contributed by atoms with Crippen molar-refractivity contribution in [3.63, 3.8) is 0 Å². The van der Waals surface area contributed by atoms with E-state index < -0.39 is 0 Å². The number of H-pyrrole nitrogens is 1. The van der Waals surface area contributed by atoms with Crippen molar-refractivity contribution in [2.45, 2.75) is 45.9 Å². The Morgan fingerprint density at radius 1 is 1.24 bits per heavy atom. The summed E-state index contributed by atoms with van der Waals surface area (Å²) in [6.07, 6.45) is 3.93. The normalized spacial score (nSPS) is 13.4. The topological polar surface area (TPSA) is 123 Å². The van der Waals surface area contributed by atoms with E-state index in [2.05, 4.69) is 30.4 Å². The molecule has 2 heterocycles. The summed E-state index contributed by atoms with van der Waals surface area (Å²) in [6, 6.07) is 13.6. The number of aromatic amines is 1. The first-order valence-electron chi connectivity index (χ1n) is 11.5. The fourth-order valence-corrected chi connectivity index (χ4v) is 4.10. The van der Waals surface area contributed by atoms with Crippen molar-refractivity contribution in [2.24, 2.45) is 5.92 Å². The van der Waals surface area contributed by atoms with E-state index in [1.165, 1.54) is 19.2 Å². The molecular formula is C25H29N7O2. The minimum atomic E-state index is -0.219. The first-order chi connectivity index (χ1) is 16.5. The van der Waals surface area contributed by atoms with Gasteiger partial charge >= 0.3 is 6.03 Å². The quantitative estimate of drug-likeness (QED) is 0.308. The van der Waals surface area contributed by atoms with Gasteiger partial charge < -0.3 is 25.7 Å². The maximum atomic E-state index is 12.0. The zero-order chi connectivity index (χ0) is 23.7. The number of ether oxygens (including phenoxy) is 1. The fourth-order valence-electron chi connectivity index (χ4n) is 4.10. The summed E-state index contributed by atoms with van der Waals surface area (Å²) in [5, 5.41) is 13.4. The number of aromatic nitrogens is 4. The van der Waals surface area contributed by atoms with Gasteiger partial charge in [0.15, 0.2) is 5.82 Å². The third-order valence-corrected chi connectivity index (χ3v) is 5.89. The Kier molecular flexibility index (Phi) is 5.83. The molecule has 9 heteroatoms. The van der Waals surface area contributed by atoms with Crippen LogP contribution in [0.4, 0.5) is 16.2 Å². The standard InChI is InChI=1S/C25H29N7O2/c1-15(2)29-25(33)30-18-7-5-17(6-8-18)24-23(26)20-10-9-19(34-13-22-27-14-28-31-22)11-21(20)32(24)12-16-3-4-16/h5-11,14-16H,3-4,12-13,26H2,1-2H3,(H,27,28,31)(H2,29,30,33). The van der Waals surface area contributed by atoms with Gasteiger partial charge in [-0.15, -0.1) is 0 Å². The molecule has 5 N–H and O–H groups in total. The molecule has 2 aromatic heterocycles. The monoisotopic (exact) mass is 459 g/mol. The summed E-state index contributed by atoms with van der Waals surface area (Å²) in [6.45, 7) is 5.07. The molecule has 9 nitrogen and oxygen atoms in total. The van der Waals surface area contributed by atoms with E-state index in [-0.39, 0.29) is 12.1 Å². The van der Waals surface area contributed by atoms with E-state index in [9.17, 15) is 4.79 Å². The van der Waals surface area contributed by atoms with Gasteiger partial charge in [-0.1, -0.05) is 12.1 Å². The van der Waals surface area contributed by atoms with Crippen LogP contribution in [0.15, 0.2) is 48.8 Å². The Morgan fingerprint density at radius 3 is 2.71 bits per heavy atom. The molecule has 4 aromatic rings. The van der Waals surface area contributed by atoms with Crippen molar-refractivity contribution >= 4 is 28.3 Å². The first-order valence-corrected chi connectivity index (χ1v) is 11.5. The number of nitrogens with zero attached hydrogens (tertiary/aromatic N) is 3. The number of nitrogens with two attached hydrogens (primary N) is 1. The van der Waals surface area contributed by atoms with Gasteiger partial charge in [-0.2, -0.15) is 5.10 Å². The largest absolute Gasteiger partial charge is 0.486 e. The van der Waals surface area contributed by atoms with Gasteiger partial charge in [0.2, 0.25) is 0 Å². The molecule has 1 aliphatic carbocycles. The van der Waals surface area contributed by atoms with Crippen LogP contribution in [-0.2, 0) is 13.2 Å². The Morgan fingerprint density at radius 2 is 2.03 bits per heavy atom. The molecule has 0 unspecified atom stereocenters. The predicted octanol–water partition coefficient (Wildman–Crippen LogP) is 4.53. The van der Waals surface area contributed by atoms with Gasteiger partial charge in [-0.3, -0.25) is 5.10 Å². The molecule has 0 radical (unpaired) electrons. The molecule has 1 fully saturated rings. The Balaban J connectivity index is 1.46. The number of rotatable bonds is 8. The number of nitrogen functional groups attached to an aromatic ring is 1. The maximum absolute atomic E-state index is 12.0. The number of nitrogens with one attached hydrogen (secondary N) is 3. The highest BCUT2D eigenvalue weighted by atomic mass is 16.5. The molecule has 0 bridgehead atoms. The minimum Gasteiger partial charge on any atom is -0.486 e. The summed E-state index contributed by atoms with van der Waals surface area (Å²) in [5.74, 6) is 2.08. The van der Waals surface area contributed by atoms with Gasteiger partial charge in [0.05, 0.1) is 16.9 Å². The van der Waals surface area contributed by atoms with Crippen molar-refractivity contribution in [3.8, 4) is 17.0 Å². The molecule has 176 valence electrons. The van der Waals surface area contributed by atoms with Gasteiger partial charge in [0.25, 0.3) is 0 Å². The summed E-state index contributed by atoms with van der Waals surface area (Å²) in [4.78, 5) is 16.1. The van der Waals surface area contributed by atoms with Crippen LogP contribution < -0.4 is 21.1 Å². The highest BCUT2D eigenvalue weighted by Crippen LogP contribution is 2.41. The predicted molar refractivity (Wildman–Crippen MR) is 133 cm³/mol. The van der Waals surface area contributed by atoms with Crippen LogP contribution in [0.25, 0.3) is 22.2 Å². The number of benzene rings is 2. The zero-order valence-electron chi connectivity index (χ0n) is 19.3. The van der Waals surface area contributed by atoms with Crippen LogP contribution in [0, 0.1) is 5.92 Å². The van der Waals surface area contributed by atoms with E-state index in [0.29, 0.717) is 18.3 Å². The van der Waals surface area contributed by atoms with Gasteiger partial charge in [0, 0.05) is 35.3 Å². The summed E-state index contributed by atoms with van der Waals surface area (Å²) in [5.41, 5.74) is 11.2. The van der Waals surface area contributed by atoms with Crippen molar-refractivity contribution in [1.82, 2.24) is 25.1 Å². The average Bonchev–Trinajstić information content (AvgIpc) is 3.39. The SMILES string of the molecule is CC(C)NC(=O)Nc1ccc(-c2c(N)c3ccc(OCc4ncn[nH]4)cc3n2CC2CC2)cc1. The Labute approximate surface area is 197 Å². The lowest BCUT2D eigenvalue weighted by molar-refractivity contribution is 0.250. The molecule has 0 spiro atoms. The second-order valence-electron chi connectivity index (χ2n) is 9.05. The third kappa shape index (κ3) is 4.68. The molecule has 1 aliphatic rings. The minimum absolute atomic E-state index is 0.0711. The Bertz CT molecular complexity index is 1290. The van der Waals surface area contributed by atoms with Gasteiger partial charge in [-0.25, -0.2) is 9.78 Å². The van der Waals surface area contributed by atoms with Crippen molar-refractivity contribution < 1.29 is 9.53 Å². The second-order valence-corrected chi connectivity index (χ2v) is 9.05. The number of amides is 2. The average molecular weight is 460 g/mol. The number of hydrogen-bond donors (Lipinski definition) is 4. The third-order valence-electron chi connectivity index (χ3n) is 5.89. The smallest absolute Gasteiger partial charge is 0.319 e. The van der Waals surface area contributed by atoms with Crippen molar-refractivity contribution in [1.29, 1.82) is 0 Å². The van der Waals surface area contributed by atoms with Crippen LogP contribution in [0.2, 0.25) is 0 Å². The molecule has 1 saturated carbocycles. The fraction of sp³-hybridized carbons (Fsp3) is 0.320. The lowest BCUT2D eigenvalue weighted by Gasteiger charge is -2.13. The van der Waals surface area contributed by atoms with E-state index in [4.69, 9.17) is 10.5 Å². The number of carbonyl (C=O) groups is 1. The van der Waals surface area contributed by atoms with E-state index >= 15 is 0 Å². The van der Waals surface area contributed by atoms with E-state index in [1.54, 1.807) is 0 Å². The number of carbonyl (C=O) groups excluding carboxylic acids is 1. The van der Waals surface area contributed by atoms with Crippen LogP contribution in [0.1, 0.15) is 32.5 Å². The van der Waals surface area contributed by atoms with E-state index in [1.807, 2.05) is 56.3 Å². The zero-order valence-corrected chi connectivity index (χ0v) is 19.3. The van der Waals surface area contributed by atoms with Gasteiger partial charge in [-0.05, 0) is 56.9 Å². The van der Waals surface area contributed by atoms with Gasteiger partial charge in [0.1, 0.15) is 18.7 Å². The molecule has 0 aliphatic heterocycles. The Hall–Kier alpha value is -4.01. The lowest BCUT2D eigenvalue weighted by atomic mass is 10.1.